The summed E-state index contributed by atoms with van der Waals surface area (Å²) >= 11 is 4.91. The van der Waals surface area contributed by atoms with Gasteiger partial charge in [-0.1, -0.05) is 6.58 Å². The van der Waals surface area contributed by atoms with Crippen LogP contribution in [-0.4, -0.2) is 24.9 Å². The van der Waals surface area contributed by atoms with Crippen molar-refractivity contribution < 1.29 is 9.59 Å². The van der Waals surface area contributed by atoms with Crippen LogP contribution in [0.1, 0.15) is 17.7 Å². The topological polar surface area (TPSA) is 58.2 Å². The molecule has 0 unspecified atom stereocenters. The molecule has 0 aliphatic carbocycles. The van der Waals surface area contributed by atoms with Crippen molar-refractivity contribution in [2.24, 2.45) is 0 Å². The molecule has 6 heteroatoms. The zero-order chi connectivity index (χ0) is 13.5. The van der Waals surface area contributed by atoms with Gasteiger partial charge in [-0.2, -0.15) is 0 Å². The molecule has 0 aromatic carbocycles. The summed E-state index contributed by atoms with van der Waals surface area (Å²) in [5, 5.41) is 5.37. The number of amides is 2. The molecule has 1 aromatic rings. The van der Waals surface area contributed by atoms with E-state index in [4.69, 9.17) is 0 Å². The Labute approximate surface area is 119 Å². The van der Waals surface area contributed by atoms with Crippen LogP contribution < -0.4 is 10.6 Å². The third kappa shape index (κ3) is 4.62. The number of carbonyl (C=O) groups is 2. The maximum Gasteiger partial charge on any atom is 0.243 e. The molecule has 1 rings (SSSR count). The lowest BCUT2D eigenvalue weighted by molar-refractivity contribution is -0.122. The molecule has 4 nitrogen and oxygen atoms in total. The number of rotatable bonds is 6. The molecule has 0 saturated heterocycles. The molecule has 0 spiro atoms. The minimum Gasteiger partial charge on any atom is -0.354 e. The Bertz CT molecular complexity index is 445. The van der Waals surface area contributed by atoms with E-state index in [-0.39, 0.29) is 17.7 Å². The lowest BCUT2D eigenvalue weighted by Crippen LogP contribution is -2.35. The highest BCUT2D eigenvalue weighted by Gasteiger charge is 2.16. The zero-order valence-corrected chi connectivity index (χ0v) is 12.4. The summed E-state index contributed by atoms with van der Waals surface area (Å²) in [5.74, 6) is -0.465. The van der Waals surface area contributed by atoms with Crippen molar-refractivity contribution in [2.75, 3.05) is 13.1 Å². The first-order valence-electron chi connectivity index (χ1n) is 5.47. The average molecular weight is 331 g/mol. The number of nitrogens with one attached hydrogen (secondary N) is 2. The quantitative estimate of drug-likeness (QED) is 0.619. The standard InChI is InChI=1S/C12H15BrN2O2S/c1-3-11(16)14-6-7-15-12(17)8(2)9-4-5-10(13)18-9/h3-5,8H,1,6-7H2,2H3,(H,14,16)(H,15,17)/t8-/m0/s1. The van der Waals surface area contributed by atoms with Crippen LogP contribution in [0.3, 0.4) is 0 Å². The summed E-state index contributed by atoms with van der Waals surface area (Å²) in [6.07, 6.45) is 1.20. The molecule has 98 valence electrons. The van der Waals surface area contributed by atoms with Gasteiger partial charge in [0.2, 0.25) is 11.8 Å². The summed E-state index contributed by atoms with van der Waals surface area (Å²) in [4.78, 5) is 23.7. The molecule has 0 bridgehead atoms. The Morgan fingerprint density at radius 1 is 1.44 bits per heavy atom. The molecule has 1 heterocycles. The van der Waals surface area contributed by atoms with Gasteiger partial charge >= 0.3 is 0 Å². The van der Waals surface area contributed by atoms with Crippen molar-refractivity contribution in [1.82, 2.24) is 10.6 Å². The highest BCUT2D eigenvalue weighted by Crippen LogP contribution is 2.28. The second-order valence-corrected chi connectivity index (χ2v) is 6.14. The molecule has 2 N–H and O–H groups in total. The summed E-state index contributed by atoms with van der Waals surface area (Å²) in [6, 6.07) is 3.85. The Hall–Kier alpha value is -1.14. The van der Waals surface area contributed by atoms with Gasteiger partial charge in [-0.05, 0) is 41.1 Å². The predicted molar refractivity (Wildman–Crippen MR) is 76.7 cm³/mol. The molecule has 0 aliphatic heterocycles. The SMILES string of the molecule is C=CC(=O)NCCNC(=O)[C@@H](C)c1ccc(Br)s1. The molecule has 1 atom stereocenters. The Morgan fingerprint density at radius 3 is 2.67 bits per heavy atom. The van der Waals surface area contributed by atoms with Crippen LogP contribution in [0.4, 0.5) is 0 Å². The van der Waals surface area contributed by atoms with E-state index in [1.165, 1.54) is 6.08 Å². The normalized spacial score (nSPS) is 11.7. The number of thiophene rings is 1. The lowest BCUT2D eigenvalue weighted by Gasteiger charge is -2.10. The van der Waals surface area contributed by atoms with Crippen LogP contribution >= 0.6 is 27.3 Å². The van der Waals surface area contributed by atoms with Gasteiger partial charge < -0.3 is 10.6 Å². The third-order valence-corrected chi connectivity index (χ3v) is 4.13. The smallest absolute Gasteiger partial charge is 0.243 e. The van der Waals surface area contributed by atoms with Gasteiger partial charge in [-0.25, -0.2) is 0 Å². The van der Waals surface area contributed by atoms with Crippen LogP contribution in [0, 0.1) is 0 Å². The number of carbonyl (C=O) groups excluding carboxylic acids is 2. The van der Waals surface area contributed by atoms with Crippen LogP contribution in [0.2, 0.25) is 0 Å². The molecule has 1 aromatic heterocycles. The van der Waals surface area contributed by atoms with Crippen LogP contribution in [0.15, 0.2) is 28.6 Å². The first-order valence-corrected chi connectivity index (χ1v) is 7.08. The summed E-state index contributed by atoms with van der Waals surface area (Å²) in [5.41, 5.74) is 0. The van der Waals surface area contributed by atoms with Gasteiger partial charge in [0.15, 0.2) is 0 Å². The van der Waals surface area contributed by atoms with E-state index in [0.29, 0.717) is 13.1 Å². The van der Waals surface area contributed by atoms with Gasteiger partial charge in [0.25, 0.3) is 0 Å². The largest absolute Gasteiger partial charge is 0.354 e. The average Bonchev–Trinajstić information content (AvgIpc) is 2.79. The van der Waals surface area contributed by atoms with Crippen LogP contribution in [-0.2, 0) is 9.59 Å². The highest BCUT2D eigenvalue weighted by atomic mass is 79.9. The monoisotopic (exact) mass is 330 g/mol. The van der Waals surface area contributed by atoms with Crippen molar-refractivity contribution >= 4 is 39.1 Å². The fraction of sp³-hybridized carbons (Fsp3) is 0.333. The van der Waals surface area contributed by atoms with Crippen molar-refractivity contribution in [2.45, 2.75) is 12.8 Å². The van der Waals surface area contributed by atoms with E-state index < -0.39 is 0 Å². The molecule has 0 saturated carbocycles. The van der Waals surface area contributed by atoms with Crippen LogP contribution in [0.5, 0.6) is 0 Å². The molecular formula is C12H15BrN2O2S. The van der Waals surface area contributed by atoms with Crippen LogP contribution in [0.25, 0.3) is 0 Å². The number of hydrogen-bond acceptors (Lipinski definition) is 3. The fourth-order valence-electron chi connectivity index (χ4n) is 1.29. The van der Waals surface area contributed by atoms with Crippen molar-refractivity contribution in [3.8, 4) is 0 Å². The molecule has 0 fully saturated rings. The first-order chi connectivity index (χ1) is 8.54. The summed E-state index contributed by atoms with van der Waals surface area (Å²) in [7, 11) is 0. The number of hydrogen-bond donors (Lipinski definition) is 2. The van der Waals surface area contributed by atoms with E-state index in [1.54, 1.807) is 11.3 Å². The Balaban J connectivity index is 2.32. The third-order valence-electron chi connectivity index (χ3n) is 2.32. The Kier molecular flexibility index (Phi) is 6.07. The van der Waals surface area contributed by atoms with E-state index in [0.717, 1.165) is 8.66 Å². The van der Waals surface area contributed by atoms with E-state index >= 15 is 0 Å². The highest BCUT2D eigenvalue weighted by molar-refractivity contribution is 9.11. The molecule has 18 heavy (non-hydrogen) atoms. The maximum absolute atomic E-state index is 11.8. The molecule has 2 amide bonds. The minimum absolute atomic E-state index is 0.0443. The molecule has 0 radical (unpaired) electrons. The Morgan fingerprint density at radius 2 is 2.11 bits per heavy atom. The minimum atomic E-state index is -0.237. The van der Waals surface area contributed by atoms with Crippen molar-refractivity contribution in [3.05, 3.63) is 33.5 Å². The molecule has 0 aliphatic rings. The van der Waals surface area contributed by atoms with Gasteiger partial charge in [-0.15, -0.1) is 11.3 Å². The second-order valence-electron chi connectivity index (χ2n) is 3.65. The van der Waals surface area contributed by atoms with Gasteiger partial charge in [0, 0.05) is 18.0 Å². The van der Waals surface area contributed by atoms with Gasteiger partial charge in [0.1, 0.15) is 0 Å². The van der Waals surface area contributed by atoms with Crippen molar-refractivity contribution in [1.29, 1.82) is 0 Å². The van der Waals surface area contributed by atoms with E-state index in [2.05, 4.69) is 33.1 Å². The van der Waals surface area contributed by atoms with E-state index in [1.807, 2.05) is 19.1 Å². The first kappa shape index (κ1) is 14.9. The van der Waals surface area contributed by atoms with Crippen molar-refractivity contribution in [3.63, 3.8) is 0 Å². The van der Waals surface area contributed by atoms with E-state index in [9.17, 15) is 9.59 Å². The predicted octanol–water partition coefficient (Wildman–Crippen LogP) is 2.03. The maximum atomic E-state index is 11.8. The summed E-state index contributed by atoms with van der Waals surface area (Å²) in [6.45, 7) is 6.01. The zero-order valence-electron chi connectivity index (χ0n) is 10.0. The second kappa shape index (κ2) is 7.33. The van der Waals surface area contributed by atoms with Gasteiger partial charge in [0.05, 0.1) is 9.70 Å². The van der Waals surface area contributed by atoms with Gasteiger partial charge in [-0.3, -0.25) is 9.59 Å². The lowest BCUT2D eigenvalue weighted by atomic mass is 10.1. The number of halogens is 1. The summed E-state index contributed by atoms with van der Waals surface area (Å²) < 4.78 is 1.01. The molecular weight excluding hydrogens is 316 g/mol. The fourth-order valence-corrected chi connectivity index (χ4v) is 2.76.